The second kappa shape index (κ2) is 7.55. The normalized spacial score (nSPS) is 10.5. The Hall–Kier alpha value is -2.95. The highest BCUT2D eigenvalue weighted by atomic mass is 16.4. The van der Waals surface area contributed by atoms with Crippen molar-refractivity contribution in [1.29, 1.82) is 0 Å². The van der Waals surface area contributed by atoms with Crippen molar-refractivity contribution in [3.8, 4) is 0 Å². The smallest absolute Gasteiger partial charge is 0.290 e. The van der Waals surface area contributed by atoms with Gasteiger partial charge in [-0.25, -0.2) is 0 Å². The van der Waals surface area contributed by atoms with Gasteiger partial charge in [0, 0.05) is 44.3 Å². The first kappa shape index (κ1) is 15.9. The number of furan rings is 1. The molecule has 1 amide bonds. The van der Waals surface area contributed by atoms with Gasteiger partial charge < -0.3 is 9.32 Å². The zero-order valence-corrected chi connectivity index (χ0v) is 13.6. The van der Waals surface area contributed by atoms with Crippen molar-refractivity contribution in [3.63, 3.8) is 0 Å². The van der Waals surface area contributed by atoms with Crippen LogP contribution in [0.4, 0.5) is 0 Å². The molecule has 0 N–H and O–H groups in total. The summed E-state index contributed by atoms with van der Waals surface area (Å²) in [6.07, 6.45) is 7.71. The Balaban J connectivity index is 1.84. The van der Waals surface area contributed by atoms with Crippen LogP contribution in [0.3, 0.4) is 0 Å². The molecule has 5 nitrogen and oxygen atoms in total. The van der Waals surface area contributed by atoms with E-state index in [-0.39, 0.29) is 5.91 Å². The van der Waals surface area contributed by atoms with E-state index in [0.29, 0.717) is 18.8 Å². The van der Waals surface area contributed by atoms with Crippen LogP contribution in [0.5, 0.6) is 0 Å². The van der Waals surface area contributed by atoms with Crippen LogP contribution in [-0.2, 0) is 19.5 Å². The molecule has 0 unspecified atom stereocenters. The highest BCUT2D eigenvalue weighted by molar-refractivity contribution is 5.91. The predicted molar refractivity (Wildman–Crippen MR) is 90.1 cm³/mol. The number of rotatable bonds is 6. The van der Waals surface area contributed by atoms with Crippen molar-refractivity contribution in [1.82, 2.24) is 14.9 Å². The van der Waals surface area contributed by atoms with E-state index in [1.807, 2.05) is 37.3 Å². The first-order valence-corrected chi connectivity index (χ1v) is 7.92. The highest BCUT2D eigenvalue weighted by Crippen LogP contribution is 2.16. The van der Waals surface area contributed by atoms with E-state index < -0.39 is 0 Å². The Labute approximate surface area is 141 Å². The van der Waals surface area contributed by atoms with Crippen LogP contribution >= 0.6 is 0 Å². The lowest BCUT2D eigenvalue weighted by molar-refractivity contribution is 0.0695. The molecule has 0 bridgehead atoms. The van der Waals surface area contributed by atoms with Crippen LogP contribution in [0.15, 0.2) is 65.6 Å². The molecule has 0 saturated heterocycles. The fraction of sp³-hybridized carbons (Fsp3) is 0.211. The Morgan fingerprint density at radius 3 is 2.46 bits per heavy atom. The fourth-order valence-corrected chi connectivity index (χ4v) is 2.46. The number of pyridine rings is 2. The Kier molecular flexibility index (Phi) is 5.01. The van der Waals surface area contributed by atoms with Gasteiger partial charge in [0.1, 0.15) is 5.76 Å². The Morgan fingerprint density at radius 1 is 1.00 bits per heavy atom. The molecule has 3 aromatic heterocycles. The summed E-state index contributed by atoms with van der Waals surface area (Å²) in [5.41, 5.74) is 1.99. The molecular formula is C19H19N3O2. The molecule has 0 aliphatic rings. The average Bonchev–Trinajstić information content (AvgIpc) is 3.11. The van der Waals surface area contributed by atoms with Crippen molar-refractivity contribution in [2.24, 2.45) is 0 Å². The summed E-state index contributed by atoms with van der Waals surface area (Å²) in [5.74, 6) is 1.05. The number of nitrogens with zero attached hydrogens (tertiary/aromatic N) is 3. The van der Waals surface area contributed by atoms with Crippen molar-refractivity contribution in [2.45, 2.75) is 26.4 Å². The summed E-state index contributed by atoms with van der Waals surface area (Å²) in [6.45, 7) is 2.95. The lowest BCUT2D eigenvalue weighted by Crippen LogP contribution is -2.30. The maximum absolute atomic E-state index is 12.9. The molecule has 0 aliphatic heterocycles. The first-order valence-electron chi connectivity index (χ1n) is 7.92. The van der Waals surface area contributed by atoms with Gasteiger partial charge in [-0.05, 0) is 41.5 Å². The number of hydrogen-bond acceptors (Lipinski definition) is 4. The molecule has 3 rings (SSSR count). The lowest BCUT2D eigenvalue weighted by Gasteiger charge is -2.22. The van der Waals surface area contributed by atoms with Crippen LogP contribution in [0.25, 0.3) is 0 Å². The molecule has 3 heterocycles. The molecular weight excluding hydrogens is 302 g/mol. The quantitative estimate of drug-likeness (QED) is 0.697. The molecule has 0 radical (unpaired) electrons. The van der Waals surface area contributed by atoms with Crippen LogP contribution in [0.2, 0.25) is 0 Å². The van der Waals surface area contributed by atoms with Crippen LogP contribution in [-0.4, -0.2) is 20.8 Å². The van der Waals surface area contributed by atoms with Gasteiger partial charge in [-0.1, -0.05) is 13.0 Å². The van der Waals surface area contributed by atoms with Gasteiger partial charge in [0.15, 0.2) is 5.76 Å². The Morgan fingerprint density at radius 2 is 1.79 bits per heavy atom. The molecule has 24 heavy (non-hydrogen) atoms. The summed E-state index contributed by atoms with van der Waals surface area (Å²) < 4.78 is 5.63. The van der Waals surface area contributed by atoms with E-state index in [9.17, 15) is 4.79 Å². The number of carbonyl (C=O) groups is 1. The SMILES string of the molecule is CCc1ccc(C(=O)N(Cc2ccncc2)Cc2cccnc2)o1. The molecule has 0 atom stereocenters. The van der Waals surface area contributed by atoms with Gasteiger partial charge in [-0.2, -0.15) is 0 Å². The van der Waals surface area contributed by atoms with Crippen LogP contribution in [0.1, 0.15) is 34.4 Å². The zero-order chi connectivity index (χ0) is 16.8. The van der Waals surface area contributed by atoms with Gasteiger partial charge in [0.25, 0.3) is 5.91 Å². The molecule has 0 aromatic carbocycles. The van der Waals surface area contributed by atoms with E-state index in [1.54, 1.807) is 35.8 Å². The minimum absolute atomic E-state index is 0.129. The fourth-order valence-electron chi connectivity index (χ4n) is 2.46. The number of amides is 1. The number of hydrogen-bond donors (Lipinski definition) is 0. The third-order valence-corrected chi connectivity index (χ3v) is 3.73. The van der Waals surface area contributed by atoms with Crippen LogP contribution < -0.4 is 0 Å². The van der Waals surface area contributed by atoms with E-state index >= 15 is 0 Å². The maximum atomic E-state index is 12.9. The molecule has 0 spiro atoms. The van der Waals surface area contributed by atoms with Gasteiger partial charge in [-0.3, -0.25) is 14.8 Å². The summed E-state index contributed by atoms with van der Waals surface area (Å²) in [6, 6.07) is 11.2. The molecule has 0 saturated carbocycles. The minimum Gasteiger partial charge on any atom is -0.456 e. The third kappa shape index (κ3) is 3.87. The largest absolute Gasteiger partial charge is 0.456 e. The van der Waals surface area contributed by atoms with Crippen molar-refractivity contribution in [3.05, 3.63) is 83.8 Å². The molecule has 3 aromatic rings. The molecule has 0 fully saturated rings. The van der Waals surface area contributed by atoms with Crippen molar-refractivity contribution in [2.75, 3.05) is 0 Å². The van der Waals surface area contributed by atoms with E-state index in [2.05, 4.69) is 9.97 Å². The molecule has 5 heteroatoms. The van der Waals surface area contributed by atoms with Gasteiger partial charge >= 0.3 is 0 Å². The molecule has 0 aliphatic carbocycles. The first-order chi connectivity index (χ1) is 11.8. The van der Waals surface area contributed by atoms with E-state index in [4.69, 9.17) is 4.42 Å². The standard InChI is InChI=1S/C19H19N3O2/c1-2-17-5-6-18(24-17)19(23)22(13-15-7-10-20-11-8-15)14-16-4-3-9-21-12-16/h3-12H,2,13-14H2,1H3. The third-order valence-electron chi connectivity index (χ3n) is 3.73. The second-order valence-electron chi connectivity index (χ2n) is 5.50. The average molecular weight is 321 g/mol. The second-order valence-corrected chi connectivity index (χ2v) is 5.50. The van der Waals surface area contributed by atoms with E-state index in [1.165, 1.54) is 0 Å². The maximum Gasteiger partial charge on any atom is 0.290 e. The number of aryl methyl sites for hydroxylation is 1. The van der Waals surface area contributed by atoms with Crippen molar-refractivity contribution >= 4 is 5.91 Å². The minimum atomic E-state index is -0.129. The number of aromatic nitrogens is 2. The molecule has 122 valence electrons. The van der Waals surface area contributed by atoms with Crippen LogP contribution in [0, 0.1) is 0 Å². The zero-order valence-electron chi connectivity index (χ0n) is 13.6. The Bertz CT molecular complexity index is 743. The number of carbonyl (C=O) groups excluding carboxylic acids is 1. The monoisotopic (exact) mass is 321 g/mol. The highest BCUT2D eigenvalue weighted by Gasteiger charge is 2.20. The summed E-state index contributed by atoms with van der Waals surface area (Å²) >= 11 is 0. The summed E-state index contributed by atoms with van der Waals surface area (Å²) in [7, 11) is 0. The van der Waals surface area contributed by atoms with Gasteiger partial charge in [0.05, 0.1) is 0 Å². The van der Waals surface area contributed by atoms with Gasteiger partial charge in [0.2, 0.25) is 0 Å². The van der Waals surface area contributed by atoms with Crippen molar-refractivity contribution < 1.29 is 9.21 Å². The summed E-state index contributed by atoms with van der Waals surface area (Å²) in [4.78, 5) is 22.8. The van der Waals surface area contributed by atoms with Gasteiger partial charge in [-0.15, -0.1) is 0 Å². The topological polar surface area (TPSA) is 59.2 Å². The van der Waals surface area contributed by atoms with E-state index in [0.717, 1.165) is 23.3 Å². The predicted octanol–water partition coefficient (Wildman–Crippen LogP) is 3.47. The lowest BCUT2D eigenvalue weighted by atomic mass is 10.2. The summed E-state index contributed by atoms with van der Waals surface area (Å²) in [5, 5.41) is 0.